The van der Waals surface area contributed by atoms with E-state index in [1.807, 2.05) is 13.8 Å². The minimum atomic E-state index is 0.998. The SMILES string of the molecule is CC.CC1CCC(C2CC(C)CC(C)C2)CC1. The Morgan fingerprint density at radius 1 is 0.529 bits per heavy atom. The summed E-state index contributed by atoms with van der Waals surface area (Å²) in [6.45, 7) is 11.4. The molecule has 0 aromatic rings. The summed E-state index contributed by atoms with van der Waals surface area (Å²) in [6.07, 6.45) is 10.6. The minimum absolute atomic E-state index is 0.998. The van der Waals surface area contributed by atoms with Gasteiger partial charge in [0.25, 0.3) is 0 Å². The molecule has 0 saturated heterocycles. The van der Waals surface area contributed by atoms with Crippen molar-refractivity contribution in [3.8, 4) is 0 Å². The van der Waals surface area contributed by atoms with Gasteiger partial charge < -0.3 is 0 Å². The van der Waals surface area contributed by atoms with E-state index in [0.717, 1.165) is 29.6 Å². The molecule has 2 saturated carbocycles. The first-order chi connectivity index (χ1) is 8.15. The molecular weight excluding hydrogens is 204 g/mol. The van der Waals surface area contributed by atoms with Crippen LogP contribution in [0.2, 0.25) is 0 Å². The van der Waals surface area contributed by atoms with Gasteiger partial charge in [-0.15, -0.1) is 0 Å². The van der Waals surface area contributed by atoms with Gasteiger partial charge in [-0.2, -0.15) is 0 Å². The minimum Gasteiger partial charge on any atom is -0.0683 e. The van der Waals surface area contributed by atoms with Crippen molar-refractivity contribution < 1.29 is 0 Å². The summed E-state index contributed by atoms with van der Waals surface area (Å²) >= 11 is 0. The number of rotatable bonds is 1. The Labute approximate surface area is 110 Å². The normalized spacial score (nSPS) is 42.5. The van der Waals surface area contributed by atoms with Crippen LogP contribution in [0.15, 0.2) is 0 Å². The first kappa shape index (κ1) is 15.1. The van der Waals surface area contributed by atoms with Gasteiger partial charge in [-0.05, 0) is 61.7 Å². The van der Waals surface area contributed by atoms with Gasteiger partial charge >= 0.3 is 0 Å². The standard InChI is InChI=1S/C15H28.C2H6/c1-11-4-6-14(7-5-11)15-9-12(2)8-13(3)10-15;1-2/h11-15H,4-10H2,1-3H3;1-2H3. The van der Waals surface area contributed by atoms with Gasteiger partial charge in [0.15, 0.2) is 0 Å². The molecule has 17 heavy (non-hydrogen) atoms. The molecule has 2 unspecified atom stereocenters. The third-order valence-corrected chi connectivity index (χ3v) is 4.94. The fraction of sp³-hybridized carbons (Fsp3) is 1.00. The second-order valence-corrected chi connectivity index (χ2v) is 6.70. The Morgan fingerprint density at radius 2 is 1.00 bits per heavy atom. The smallest absolute Gasteiger partial charge is 0.0381 e. The van der Waals surface area contributed by atoms with E-state index >= 15 is 0 Å². The van der Waals surface area contributed by atoms with E-state index < -0.39 is 0 Å². The average molecular weight is 238 g/mol. The van der Waals surface area contributed by atoms with E-state index in [1.165, 1.54) is 44.9 Å². The van der Waals surface area contributed by atoms with Crippen LogP contribution < -0.4 is 0 Å². The summed E-state index contributed by atoms with van der Waals surface area (Å²) in [6, 6.07) is 0. The van der Waals surface area contributed by atoms with Crippen LogP contribution in [0.1, 0.15) is 79.6 Å². The van der Waals surface area contributed by atoms with Gasteiger partial charge in [0.2, 0.25) is 0 Å². The Bertz CT molecular complexity index is 178. The van der Waals surface area contributed by atoms with Gasteiger partial charge in [0, 0.05) is 0 Å². The van der Waals surface area contributed by atoms with Crippen molar-refractivity contribution in [3.05, 3.63) is 0 Å². The summed E-state index contributed by atoms with van der Waals surface area (Å²) in [5.41, 5.74) is 0. The first-order valence-electron chi connectivity index (χ1n) is 8.15. The molecule has 0 aromatic heterocycles. The van der Waals surface area contributed by atoms with Crippen LogP contribution >= 0.6 is 0 Å². The van der Waals surface area contributed by atoms with E-state index in [0.29, 0.717) is 0 Å². The van der Waals surface area contributed by atoms with Crippen LogP contribution in [0.4, 0.5) is 0 Å². The van der Waals surface area contributed by atoms with Crippen molar-refractivity contribution in [2.75, 3.05) is 0 Å². The molecule has 0 heterocycles. The molecule has 102 valence electrons. The third-order valence-electron chi connectivity index (χ3n) is 4.94. The highest BCUT2D eigenvalue weighted by Crippen LogP contribution is 2.43. The molecule has 2 rings (SSSR count). The van der Waals surface area contributed by atoms with E-state index in [1.54, 1.807) is 0 Å². The number of hydrogen-bond donors (Lipinski definition) is 0. The topological polar surface area (TPSA) is 0 Å². The van der Waals surface area contributed by atoms with Crippen LogP contribution in [0.5, 0.6) is 0 Å². The number of hydrogen-bond acceptors (Lipinski definition) is 0. The molecule has 0 aliphatic heterocycles. The zero-order valence-electron chi connectivity index (χ0n) is 12.8. The summed E-state index contributed by atoms with van der Waals surface area (Å²) in [4.78, 5) is 0. The summed E-state index contributed by atoms with van der Waals surface area (Å²) in [5, 5.41) is 0. The molecule has 0 N–H and O–H groups in total. The molecular formula is C17H34. The monoisotopic (exact) mass is 238 g/mol. The predicted molar refractivity (Wildman–Crippen MR) is 78.1 cm³/mol. The lowest BCUT2D eigenvalue weighted by Crippen LogP contribution is -2.28. The molecule has 0 heteroatoms. The van der Waals surface area contributed by atoms with Crippen molar-refractivity contribution >= 4 is 0 Å². The fourth-order valence-electron chi connectivity index (χ4n) is 4.15. The van der Waals surface area contributed by atoms with Crippen molar-refractivity contribution in [2.24, 2.45) is 29.6 Å². The van der Waals surface area contributed by atoms with Gasteiger partial charge in [-0.1, -0.05) is 47.5 Å². The summed E-state index contributed by atoms with van der Waals surface area (Å²) in [7, 11) is 0. The highest BCUT2D eigenvalue weighted by molar-refractivity contribution is 4.82. The Kier molecular flexibility index (Phi) is 6.59. The largest absolute Gasteiger partial charge is 0.0683 e. The zero-order valence-corrected chi connectivity index (χ0v) is 12.8. The molecule has 2 fully saturated rings. The van der Waals surface area contributed by atoms with Gasteiger partial charge in [-0.25, -0.2) is 0 Å². The van der Waals surface area contributed by atoms with Crippen LogP contribution in [0, 0.1) is 29.6 Å². The van der Waals surface area contributed by atoms with Crippen molar-refractivity contribution in [2.45, 2.75) is 79.6 Å². The third kappa shape index (κ3) is 4.64. The van der Waals surface area contributed by atoms with Crippen LogP contribution in [-0.2, 0) is 0 Å². The average Bonchev–Trinajstić information content (AvgIpc) is 2.31. The maximum absolute atomic E-state index is 2.47. The molecule has 0 radical (unpaired) electrons. The quantitative estimate of drug-likeness (QED) is 0.532. The molecule has 0 nitrogen and oxygen atoms in total. The van der Waals surface area contributed by atoms with Crippen LogP contribution in [0.3, 0.4) is 0 Å². The van der Waals surface area contributed by atoms with E-state index in [4.69, 9.17) is 0 Å². The highest BCUT2D eigenvalue weighted by Gasteiger charge is 2.31. The van der Waals surface area contributed by atoms with Gasteiger partial charge in [0.05, 0.1) is 0 Å². The van der Waals surface area contributed by atoms with Crippen molar-refractivity contribution in [3.63, 3.8) is 0 Å². The lowest BCUT2D eigenvalue weighted by Gasteiger charge is -2.39. The van der Waals surface area contributed by atoms with Gasteiger partial charge in [0.1, 0.15) is 0 Å². The summed E-state index contributed by atoms with van der Waals surface area (Å²) < 4.78 is 0. The summed E-state index contributed by atoms with van der Waals surface area (Å²) in [5.74, 6) is 5.18. The molecule has 0 aromatic carbocycles. The van der Waals surface area contributed by atoms with Crippen LogP contribution in [-0.4, -0.2) is 0 Å². The zero-order chi connectivity index (χ0) is 12.8. The Morgan fingerprint density at radius 3 is 1.47 bits per heavy atom. The molecule has 0 spiro atoms. The van der Waals surface area contributed by atoms with Crippen LogP contribution in [0.25, 0.3) is 0 Å². The van der Waals surface area contributed by atoms with E-state index in [2.05, 4.69) is 20.8 Å². The second kappa shape index (κ2) is 7.44. The maximum Gasteiger partial charge on any atom is -0.0381 e. The molecule has 2 atom stereocenters. The molecule has 2 aliphatic rings. The van der Waals surface area contributed by atoms with Crippen molar-refractivity contribution in [1.82, 2.24) is 0 Å². The predicted octanol–water partition coefficient (Wildman–Crippen LogP) is 5.91. The lowest BCUT2D eigenvalue weighted by molar-refractivity contribution is 0.121. The Hall–Kier alpha value is 0. The van der Waals surface area contributed by atoms with E-state index in [9.17, 15) is 0 Å². The van der Waals surface area contributed by atoms with Crippen molar-refractivity contribution in [1.29, 1.82) is 0 Å². The molecule has 2 aliphatic carbocycles. The first-order valence-corrected chi connectivity index (χ1v) is 8.15. The van der Waals surface area contributed by atoms with E-state index in [-0.39, 0.29) is 0 Å². The van der Waals surface area contributed by atoms with Gasteiger partial charge in [-0.3, -0.25) is 0 Å². The molecule has 0 bridgehead atoms. The Balaban J connectivity index is 0.000000686. The fourth-order valence-corrected chi connectivity index (χ4v) is 4.15. The molecule has 0 amide bonds. The highest BCUT2D eigenvalue weighted by atomic mass is 14.4. The lowest BCUT2D eigenvalue weighted by atomic mass is 9.67. The maximum atomic E-state index is 2.47. The second-order valence-electron chi connectivity index (χ2n) is 6.70.